The number of ether oxygens (including phenoxy) is 3. The highest BCUT2D eigenvalue weighted by atomic mass is 32.2. The van der Waals surface area contributed by atoms with Crippen LogP contribution in [0.1, 0.15) is 12.5 Å². The predicted molar refractivity (Wildman–Crippen MR) is 106 cm³/mol. The lowest BCUT2D eigenvalue weighted by Crippen LogP contribution is -2.30. The van der Waals surface area contributed by atoms with E-state index in [1.807, 2.05) is 31.2 Å². The number of rotatable bonds is 8. The molecule has 0 aliphatic heterocycles. The number of carbonyl (C=O) groups is 2. The maximum Gasteiger partial charge on any atom is 0.317 e. The Morgan fingerprint density at radius 3 is 2.44 bits per heavy atom. The number of benzene rings is 2. The minimum Gasteiger partial charge on any atom is -0.493 e. The normalized spacial score (nSPS) is 11.4. The molecule has 27 heavy (non-hydrogen) atoms. The molecule has 0 saturated heterocycles. The lowest BCUT2D eigenvalue weighted by molar-refractivity contribution is -0.150. The molecular weight excluding hydrogens is 366 g/mol. The van der Waals surface area contributed by atoms with E-state index < -0.39 is 18.0 Å². The molecule has 144 valence electrons. The molecule has 0 heterocycles. The number of hydrogen-bond acceptors (Lipinski definition) is 6. The van der Waals surface area contributed by atoms with Gasteiger partial charge in [0.2, 0.25) is 0 Å². The fraction of sp³-hybridized carbons (Fsp3) is 0.300. The van der Waals surface area contributed by atoms with Crippen molar-refractivity contribution in [2.75, 3.05) is 25.3 Å². The summed E-state index contributed by atoms with van der Waals surface area (Å²) in [6.45, 7) is 3.51. The number of carbonyl (C=O) groups excluding carboxylic acids is 2. The van der Waals surface area contributed by atoms with Crippen LogP contribution in [0, 0.1) is 6.92 Å². The number of methoxy groups -OCH3 is 2. The van der Waals surface area contributed by atoms with E-state index in [1.54, 1.807) is 18.2 Å². The highest BCUT2D eigenvalue weighted by Gasteiger charge is 2.19. The molecule has 6 nitrogen and oxygen atoms in total. The van der Waals surface area contributed by atoms with Gasteiger partial charge in [-0.05, 0) is 37.6 Å². The Kier molecular flexibility index (Phi) is 7.55. The first-order chi connectivity index (χ1) is 12.9. The first-order valence-corrected chi connectivity index (χ1v) is 9.34. The smallest absolute Gasteiger partial charge is 0.317 e. The summed E-state index contributed by atoms with van der Waals surface area (Å²) in [6, 6.07) is 12.8. The average Bonchev–Trinajstić information content (AvgIpc) is 2.67. The second-order valence-electron chi connectivity index (χ2n) is 5.75. The molecule has 0 spiro atoms. The minimum absolute atomic E-state index is 0.138. The van der Waals surface area contributed by atoms with E-state index in [9.17, 15) is 9.59 Å². The van der Waals surface area contributed by atoms with Gasteiger partial charge in [0.15, 0.2) is 17.6 Å². The molecule has 1 N–H and O–H groups in total. The summed E-state index contributed by atoms with van der Waals surface area (Å²) >= 11 is 1.39. The Morgan fingerprint density at radius 2 is 1.78 bits per heavy atom. The van der Waals surface area contributed by atoms with E-state index in [0.717, 1.165) is 10.5 Å². The second kappa shape index (κ2) is 9.87. The van der Waals surface area contributed by atoms with Gasteiger partial charge in [0, 0.05) is 16.6 Å². The number of esters is 1. The Balaban J connectivity index is 1.87. The van der Waals surface area contributed by atoms with Crippen LogP contribution in [0.4, 0.5) is 5.69 Å². The van der Waals surface area contributed by atoms with Crippen LogP contribution in [0.15, 0.2) is 47.4 Å². The fourth-order valence-electron chi connectivity index (χ4n) is 2.30. The third-order valence-corrected chi connectivity index (χ3v) is 4.92. The van der Waals surface area contributed by atoms with Crippen LogP contribution in [0.25, 0.3) is 0 Å². The molecule has 0 fully saturated rings. The van der Waals surface area contributed by atoms with Crippen LogP contribution in [-0.2, 0) is 14.3 Å². The zero-order valence-electron chi connectivity index (χ0n) is 15.8. The molecule has 0 aliphatic rings. The molecule has 2 aromatic carbocycles. The summed E-state index contributed by atoms with van der Waals surface area (Å²) in [4.78, 5) is 25.3. The van der Waals surface area contributed by atoms with Crippen molar-refractivity contribution in [3.05, 3.63) is 48.0 Å². The zero-order chi connectivity index (χ0) is 19.8. The lowest BCUT2D eigenvalue weighted by Gasteiger charge is -2.15. The van der Waals surface area contributed by atoms with Gasteiger partial charge in [-0.15, -0.1) is 11.8 Å². The standard InChI is InChI=1S/C20H23NO5S/c1-13-7-5-6-8-18(13)27-12-19(22)26-14(2)20(23)21-15-9-10-16(24-3)17(11-15)25-4/h5-11,14H,12H2,1-4H3,(H,21,23)/t14-/m1/s1. The number of aryl methyl sites for hydroxylation is 1. The van der Waals surface area contributed by atoms with Crippen molar-refractivity contribution in [1.29, 1.82) is 0 Å². The Labute approximate surface area is 163 Å². The Bertz CT molecular complexity index is 809. The SMILES string of the molecule is COc1ccc(NC(=O)[C@@H](C)OC(=O)CSc2ccccc2C)cc1OC. The molecule has 0 aromatic heterocycles. The number of amides is 1. The van der Waals surface area contributed by atoms with E-state index in [4.69, 9.17) is 14.2 Å². The van der Waals surface area contributed by atoms with E-state index in [-0.39, 0.29) is 5.75 Å². The maximum absolute atomic E-state index is 12.3. The van der Waals surface area contributed by atoms with Gasteiger partial charge in [-0.3, -0.25) is 9.59 Å². The van der Waals surface area contributed by atoms with Gasteiger partial charge in [-0.2, -0.15) is 0 Å². The van der Waals surface area contributed by atoms with Gasteiger partial charge in [0.05, 0.1) is 20.0 Å². The van der Waals surface area contributed by atoms with E-state index in [2.05, 4.69) is 5.32 Å². The average molecular weight is 389 g/mol. The van der Waals surface area contributed by atoms with Gasteiger partial charge in [-0.1, -0.05) is 18.2 Å². The van der Waals surface area contributed by atoms with Crippen LogP contribution in [-0.4, -0.2) is 38.0 Å². The van der Waals surface area contributed by atoms with E-state index in [0.29, 0.717) is 17.2 Å². The lowest BCUT2D eigenvalue weighted by atomic mass is 10.2. The molecule has 0 aliphatic carbocycles. The highest BCUT2D eigenvalue weighted by Crippen LogP contribution is 2.29. The van der Waals surface area contributed by atoms with Crippen molar-refractivity contribution >= 4 is 29.3 Å². The topological polar surface area (TPSA) is 73.9 Å². The van der Waals surface area contributed by atoms with Crippen LogP contribution >= 0.6 is 11.8 Å². The van der Waals surface area contributed by atoms with Gasteiger partial charge < -0.3 is 19.5 Å². The van der Waals surface area contributed by atoms with E-state index >= 15 is 0 Å². The molecule has 0 saturated carbocycles. The second-order valence-corrected chi connectivity index (χ2v) is 6.76. The molecule has 2 aromatic rings. The molecule has 1 amide bonds. The molecule has 0 unspecified atom stereocenters. The number of nitrogens with one attached hydrogen (secondary N) is 1. The molecule has 0 radical (unpaired) electrons. The number of hydrogen-bond donors (Lipinski definition) is 1. The van der Waals surface area contributed by atoms with Crippen molar-refractivity contribution < 1.29 is 23.8 Å². The highest BCUT2D eigenvalue weighted by molar-refractivity contribution is 8.00. The molecule has 0 bridgehead atoms. The monoisotopic (exact) mass is 389 g/mol. The van der Waals surface area contributed by atoms with Crippen molar-refractivity contribution in [3.63, 3.8) is 0 Å². The molecular formula is C20H23NO5S. The van der Waals surface area contributed by atoms with Crippen molar-refractivity contribution in [3.8, 4) is 11.5 Å². The third-order valence-electron chi connectivity index (χ3n) is 3.77. The molecule has 1 atom stereocenters. The van der Waals surface area contributed by atoms with Gasteiger partial charge in [0.25, 0.3) is 5.91 Å². The van der Waals surface area contributed by atoms with Crippen LogP contribution in [0.5, 0.6) is 11.5 Å². The molecule has 2 rings (SSSR count). The summed E-state index contributed by atoms with van der Waals surface area (Å²) < 4.78 is 15.6. The third kappa shape index (κ3) is 5.92. The Hall–Kier alpha value is -2.67. The quantitative estimate of drug-likeness (QED) is 0.548. The molecule has 7 heteroatoms. The largest absolute Gasteiger partial charge is 0.493 e. The maximum atomic E-state index is 12.3. The number of anilines is 1. The van der Waals surface area contributed by atoms with Crippen LogP contribution in [0.3, 0.4) is 0 Å². The fourth-order valence-corrected chi connectivity index (χ4v) is 3.11. The van der Waals surface area contributed by atoms with Crippen LogP contribution < -0.4 is 14.8 Å². The van der Waals surface area contributed by atoms with E-state index in [1.165, 1.54) is 32.9 Å². The van der Waals surface area contributed by atoms with Gasteiger partial charge >= 0.3 is 5.97 Å². The van der Waals surface area contributed by atoms with Gasteiger partial charge in [0.1, 0.15) is 0 Å². The Morgan fingerprint density at radius 1 is 1.07 bits per heavy atom. The number of thioether (sulfide) groups is 1. The van der Waals surface area contributed by atoms with Crippen molar-refractivity contribution in [2.24, 2.45) is 0 Å². The van der Waals surface area contributed by atoms with Gasteiger partial charge in [-0.25, -0.2) is 0 Å². The summed E-state index contributed by atoms with van der Waals surface area (Å²) in [5.41, 5.74) is 1.62. The summed E-state index contributed by atoms with van der Waals surface area (Å²) in [7, 11) is 3.05. The van der Waals surface area contributed by atoms with Crippen molar-refractivity contribution in [1.82, 2.24) is 0 Å². The minimum atomic E-state index is -0.914. The summed E-state index contributed by atoms with van der Waals surface area (Å²) in [6.07, 6.45) is -0.914. The predicted octanol–water partition coefficient (Wildman–Crippen LogP) is 3.67. The van der Waals surface area contributed by atoms with Crippen molar-refractivity contribution in [2.45, 2.75) is 24.8 Å². The van der Waals surface area contributed by atoms with Crippen LogP contribution in [0.2, 0.25) is 0 Å². The zero-order valence-corrected chi connectivity index (χ0v) is 16.6. The first kappa shape index (κ1) is 20.6. The summed E-state index contributed by atoms with van der Waals surface area (Å²) in [5.74, 6) is 0.325. The first-order valence-electron chi connectivity index (χ1n) is 8.35. The summed E-state index contributed by atoms with van der Waals surface area (Å²) in [5, 5.41) is 2.70.